The van der Waals surface area contributed by atoms with Crippen molar-refractivity contribution in [3.63, 3.8) is 0 Å². The Kier molecular flexibility index (Phi) is 8.01. The van der Waals surface area contributed by atoms with Crippen LogP contribution in [0.4, 0.5) is 17.1 Å². The van der Waals surface area contributed by atoms with Gasteiger partial charge in [0.2, 0.25) is 0 Å². The maximum Gasteiger partial charge on any atom is 0.0562 e. The molecule has 2 heteroatoms. The van der Waals surface area contributed by atoms with Crippen LogP contribution in [0.5, 0.6) is 0 Å². The Balaban J connectivity index is 1.18. The number of hydrogen-bond donors (Lipinski definition) is 0. The van der Waals surface area contributed by atoms with Crippen molar-refractivity contribution >= 4 is 49.6 Å². The molecule has 0 radical (unpaired) electrons. The van der Waals surface area contributed by atoms with Crippen molar-refractivity contribution in [1.82, 2.24) is 4.57 Å². The first-order valence-corrected chi connectivity index (χ1v) is 20.0. The van der Waals surface area contributed by atoms with Gasteiger partial charge < -0.3 is 9.47 Å². The number of aromatic nitrogens is 1. The highest BCUT2D eigenvalue weighted by atomic mass is 15.1. The van der Waals surface area contributed by atoms with Gasteiger partial charge in [-0.2, -0.15) is 0 Å². The van der Waals surface area contributed by atoms with Crippen molar-refractivity contribution in [2.45, 2.75) is 51.4 Å². The van der Waals surface area contributed by atoms with Crippen molar-refractivity contribution in [1.29, 1.82) is 0 Å². The monoisotopic (exact) mass is 722 g/mol. The highest BCUT2D eigenvalue weighted by Gasteiger charge is 2.39. The molecule has 0 spiro atoms. The predicted octanol–water partition coefficient (Wildman–Crippen LogP) is 15.1. The zero-order valence-electron chi connectivity index (χ0n) is 32.6. The van der Waals surface area contributed by atoms with Crippen LogP contribution < -0.4 is 4.90 Å². The molecule has 0 atom stereocenters. The van der Waals surface area contributed by atoms with Gasteiger partial charge in [0, 0.05) is 27.8 Å². The fourth-order valence-electron chi connectivity index (χ4n) is 9.39. The van der Waals surface area contributed by atoms with Crippen LogP contribution >= 0.6 is 0 Å². The molecule has 0 saturated carbocycles. The average Bonchev–Trinajstić information content (AvgIpc) is 3.57. The Morgan fingerprint density at radius 2 is 1.00 bits per heavy atom. The predicted molar refractivity (Wildman–Crippen MR) is 239 cm³/mol. The molecule has 10 rings (SSSR count). The number of fused-ring (bicyclic) bond motifs is 5. The quantitative estimate of drug-likeness (QED) is 0.166. The van der Waals surface area contributed by atoms with Gasteiger partial charge in [-0.15, -0.1) is 0 Å². The first-order valence-electron chi connectivity index (χ1n) is 20.0. The summed E-state index contributed by atoms with van der Waals surface area (Å²) in [5.74, 6) is 0. The molecule has 0 aliphatic heterocycles. The second-order valence-corrected chi connectivity index (χ2v) is 16.8. The number of rotatable bonds is 6. The summed E-state index contributed by atoms with van der Waals surface area (Å²) in [6, 6.07) is 67.0. The smallest absolute Gasteiger partial charge is 0.0562 e. The summed E-state index contributed by atoms with van der Waals surface area (Å²) in [7, 11) is 0. The van der Waals surface area contributed by atoms with Crippen LogP contribution in [0.2, 0.25) is 0 Å². The van der Waals surface area contributed by atoms with E-state index in [-0.39, 0.29) is 10.8 Å². The van der Waals surface area contributed by atoms with E-state index in [1.54, 1.807) is 0 Å². The van der Waals surface area contributed by atoms with Gasteiger partial charge in [-0.1, -0.05) is 161 Å². The number of anilines is 3. The summed E-state index contributed by atoms with van der Waals surface area (Å²) in [6.45, 7) is 9.71. The van der Waals surface area contributed by atoms with E-state index in [2.05, 4.69) is 219 Å². The van der Waals surface area contributed by atoms with Crippen molar-refractivity contribution in [2.75, 3.05) is 4.90 Å². The number of hydrogen-bond acceptors (Lipinski definition) is 1. The molecule has 56 heavy (non-hydrogen) atoms. The average molecular weight is 723 g/mol. The second kappa shape index (κ2) is 13.1. The third-order valence-electron chi connectivity index (χ3n) is 12.4. The van der Waals surface area contributed by atoms with Crippen LogP contribution in [0.3, 0.4) is 0 Å². The van der Waals surface area contributed by atoms with Crippen molar-refractivity contribution in [3.8, 4) is 27.9 Å². The molecule has 1 aromatic heterocycles. The van der Waals surface area contributed by atoms with Gasteiger partial charge in [0.1, 0.15) is 0 Å². The highest BCUT2D eigenvalue weighted by Crippen LogP contribution is 2.49. The van der Waals surface area contributed by atoms with Gasteiger partial charge in [0.25, 0.3) is 0 Å². The van der Waals surface area contributed by atoms with E-state index in [1.165, 1.54) is 78.1 Å². The van der Waals surface area contributed by atoms with Gasteiger partial charge in [-0.05, 0) is 116 Å². The van der Waals surface area contributed by atoms with Crippen molar-refractivity contribution < 1.29 is 0 Å². The summed E-state index contributed by atoms with van der Waals surface area (Å²) < 4.78 is 2.55. The van der Waals surface area contributed by atoms with Gasteiger partial charge in [0.15, 0.2) is 0 Å². The van der Waals surface area contributed by atoms with E-state index in [9.17, 15) is 0 Å². The minimum Gasteiger partial charge on any atom is -0.310 e. The van der Waals surface area contributed by atoms with E-state index in [4.69, 9.17) is 0 Å². The molecule has 8 aromatic carbocycles. The first-order chi connectivity index (χ1) is 27.3. The fraction of sp³-hybridized carbons (Fsp3) is 0.148. The van der Waals surface area contributed by atoms with Gasteiger partial charge in [-0.25, -0.2) is 0 Å². The largest absolute Gasteiger partial charge is 0.310 e. The van der Waals surface area contributed by atoms with Crippen LogP contribution in [0.1, 0.15) is 51.7 Å². The maximum atomic E-state index is 2.55. The SMILES string of the molecule is CC1(C)CCC(C)(C)c2c(-n3c4ccccc4c4ccc(N(c5ccc(-c6ccccc6)cc5)c5ccc(-c6cccc7ccccc67)cc5)cc43)cccc21. The van der Waals surface area contributed by atoms with E-state index in [1.807, 2.05) is 0 Å². The van der Waals surface area contributed by atoms with Crippen LogP contribution in [0, 0.1) is 0 Å². The normalized spacial score (nSPS) is 14.6. The fourth-order valence-corrected chi connectivity index (χ4v) is 9.39. The third-order valence-corrected chi connectivity index (χ3v) is 12.4. The molecular weight excluding hydrogens is 677 g/mol. The molecule has 0 saturated heterocycles. The Hall–Kier alpha value is -6.38. The number of nitrogens with zero attached hydrogens (tertiary/aromatic N) is 2. The summed E-state index contributed by atoms with van der Waals surface area (Å²) in [5.41, 5.74) is 15.1. The molecular formula is C54H46N2. The number of benzene rings is 8. The zero-order valence-corrected chi connectivity index (χ0v) is 32.6. The second-order valence-electron chi connectivity index (χ2n) is 16.8. The molecule has 2 nitrogen and oxygen atoms in total. The Labute approximate surface area is 330 Å². The summed E-state index contributed by atoms with van der Waals surface area (Å²) >= 11 is 0. The van der Waals surface area contributed by atoms with Crippen LogP contribution in [0.25, 0.3) is 60.5 Å². The van der Waals surface area contributed by atoms with E-state index < -0.39 is 0 Å². The maximum absolute atomic E-state index is 2.55. The topological polar surface area (TPSA) is 8.17 Å². The molecule has 1 heterocycles. The lowest BCUT2D eigenvalue weighted by molar-refractivity contribution is 0.331. The van der Waals surface area contributed by atoms with Gasteiger partial charge in [-0.3, -0.25) is 0 Å². The lowest BCUT2D eigenvalue weighted by atomic mass is 9.62. The Morgan fingerprint density at radius 1 is 0.429 bits per heavy atom. The van der Waals surface area contributed by atoms with E-state index >= 15 is 0 Å². The van der Waals surface area contributed by atoms with E-state index in [0.717, 1.165) is 23.5 Å². The number of para-hydroxylation sites is 1. The summed E-state index contributed by atoms with van der Waals surface area (Å²) in [6.07, 6.45) is 2.35. The lowest BCUT2D eigenvalue weighted by Crippen LogP contribution is -2.35. The van der Waals surface area contributed by atoms with E-state index in [0.29, 0.717) is 0 Å². The van der Waals surface area contributed by atoms with Gasteiger partial charge >= 0.3 is 0 Å². The third kappa shape index (κ3) is 5.63. The molecule has 0 unspecified atom stereocenters. The molecule has 0 amide bonds. The molecule has 0 fully saturated rings. The standard InChI is InChI=1S/C54H46N2/c1-53(2)34-35-54(3,4)52-48(53)21-13-23-50(52)56-49-22-11-10-19-46(49)47-33-32-43(36-51(47)56)55(41-28-24-38(25-29-41)37-14-6-5-7-15-37)42-30-26-40(27-31-42)45-20-12-17-39-16-8-9-18-44(39)45/h5-33,36H,34-35H2,1-4H3. The molecule has 1 aliphatic rings. The van der Waals surface area contributed by atoms with Gasteiger partial charge in [0.05, 0.1) is 16.7 Å². The minimum atomic E-state index is 0.0507. The summed E-state index contributed by atoms with van der Waals surface area (Å²) in [5, 5.41) is 5.06. The lowest BCUT2D eigenvalue weighted by Gasteiger charge is -2.43. The van der Waals surface area contributed by atoms with Crippen molar-refractivity contribution in [3.05, 3.63) is 193 Å². The minimum absolute atomic E-state index is 0.0507. The Morgan fingerprint density at radius 3 is 1.77 bits per heavy atom. The first kappa shape index (κ1) is 34.1. The molecule has 0 N–H and O–H groups in total. The molecule has 9 aromatic rings. The van der Waals surface area contributed by atoms with Crippen LogP contribution in [-0.4, -0.2) is 4.57 Å². The van der Waals surface area contributed by atoms with Crippen molar-refractivity contribution in [2.24, 2.45) is 0 Å². The molecule has 1 aliphatic carbocycles. The van der Waals surface area contributed by atoms with Crippen LogP contribution in [0.15, 0.2) is 182 Å². The van der Waals surface area contributed by atoms with Crippen LogP contribution in [-0.2, 0) is 10.8 Å². The summed E-state index contributed by atoms with van der Waals surface area (Å²) in [4.78, 5) is 2.41. The highest BCUT2D eigenvalue weighted by molar-refractivity contribution is 6.10. The molecule has 272 valence electrons. The molecule has 0 bridgehead atoms. The Bertz CT molecular complexity index is 2890. The zero-order chi connectivity index (χ0) is 38.0.